The maximum absolute atomic E-state index is 12.3. The zero-order valence-corrected chi connectivity index (χ0v) is 13.0. The lowest BCUT2D eigenvalue weighted by molar-refractivity contribution is 0.0955. The van der Waals surface area contributed by atoms with Crippen LogP contribution in [0.2, 0.25) is 0 Å². The Hall–Kier alpha value is -2.11. The zero-order valence-electron chi connectivity index (χ0n) is 13.0. The molecular formula is C17H22N2O3. The molecule has 0 heterocycles. The fraction of sp³-hybridized carbons (Fsp3) is 0.353. The molecule has 0 saturated carbocycles. The molecule has 22 heavy (non-hydrogen) atoms. The zero-order chi connectivity index (χ0) is 15.8. The summed E-state index contributed by atoms with van der Waals surface area (Å²) < 4.78 is 10.3. The van der Waals surface area contributed by atoms with Crippen molar-refractivity contribution < 1.29 is 14.3 Å². The summed E-state index contributed by atoms with van der Waals surface area (Å²) in [7, 11) is 3.30. The number of carbonyl (C=O) groups excluding carboxylic acids is 1. The number of fused-ring (bicyclic) bond motifs is 1. The average Bonchev–Trinajstić information content (AvgIpc) is 2.56. The topological polar surface area (TPSA) is 59.6 Å². The number of amides is 1. The summed E-state index contributed by atoms with van der Waals surface area (Å²) in [6, 6.07) is 11.4. The van der Waals surface area contributed by atoms with Crippen LogP contribution >= 0.6 is 0 Å². The molecular weight excluding hydrogens is 280 g/mol. The number of methoxy groups -OCH3 is 2. The van der Waals surface area contributed by atoms with Gasteiger partial charge in [-0.3, -0.25) is 4.79 Å². The molecule has 2 aromatic carbocycles. The lowest BCUT2D eigenvalue weighted by atomic mass is 10.0. The van der Waals surface area contributed by atoms with Crippen LogP contribution in [0.4, 0.5) is 0 Å². The summed E-state index contributed by atoms with van der Waals surface area (Å²) in [5, 5.41) is 7.95. The van der Waals surface area contributed by atoms with Crippen LogP contribution in [-0.2, 0) is 4.74 Å². The van der Waals surface area contributed by atoms with E-state index in [4.69, 9.17) is 9.47 Å². The van der Waals surface area contributed by atoms with Crippen molar-refractivity contribution >= 4 is 16.7 Å². The minimum absolute atomic E-state index is 0.0765. The van der Waals surface area contributed by atoms with E-state index < -0.39 is 0 Å². The van der Waals surface area contributed by atoms with E-state index in [1.54, 1.807) is 20.3 Å². The van der Waals surface area contributed by atoms with Gasteiger partial charge in [0.1, 0.15) is 5.75 Å². The second kappa shape index (κ2) is 8.36. The van der Waals surface area contributed by atoms with Gasteiger partial charge in [-0.2, -0.15) is 0 Å². The second-order valence-corrected chi connectivity index (χ2v) is 4.86. The summed E-state index contributed by atoms with van der Waals surface area (Å²) in [5.41, 5.74) is 0.660. The Morgan fingerprint density at radius 2 is 1.77 bits per heavy atom. The summed E-state index contributed by atoms with van der Waals surface area (Å²) in [5.74, 6) is 0.695. The highest BCUT2D eigenvalue weighted by atomic mass is 16.5. The molecule has 0 aliphatic heterocycles. The number of hydrogen-bond acceptors (Lipinski definition) is 4. The van der Waals surface area contributed by atoms with Gasteiger partial charge in [-0.1, -0.05) is 24.3 Å². The van der Waals surface area contributed by atoms with Crippen LogP contribution in [0.5, 0.6) is 5.75 Å². The van der Waals surface area contributed by atoms with Crippen LogP contribution < -0.4 is 15.4 Å². The molecule has 0 radical (unpaired) electrons. The van der Waals surface area contributed by atoms with Crippen LogP contribution in [-0.4, -0.2) is 46.4 Å². The summed E-state index contributed by atoms with van der Waals surface area (Å²) in [6.45, 7) is 2.72. The van der Waals surface area contributed by atoms with E-state index in [0.29, 0.717) is 25.3 Å². The fourth-order valence-corrected chi connectivity index (χ4v) is 2.31. The molecule has 2 aromatic rings. The molecule has 0 spiro atoms. The maximum Gasteiger partial charge on any atom is 0.251 e. The standard InChI is InChI=1S/C17H22N2O3/c1-21-12-11-18-9-10-19-17(20)15-7-8-16(22-2)14-6-4-3-5-13(14)15/h3-8,18H,9-12H2,1-2H3,(H,19,20). The molecule has 5 heteroatoms. The third kappa shape index (κ3) is 3.96. The maximum atomic E-state index is 12.3. The van der Waals surface area contributed by atoms with Gasteiger partial charge in [-0.05, 0) is 17.5 Å². The van der Waals surface area contributed by atoms with Crippen molar-refractivity contribution in [3.63, 3.8) is 0 Å². The Bertz CT molecular complexity index is 628. The Balaban J connectivity index is 2.03. The Morgan fingerprint density at radius 3 is 2.50 bits per heavy atom. The fourth-order valence-electron chi connectivity index (χ4n) is 2.31. The number of ether oxygens (including phenoxy) is 2. The van der Waals surface area contributed by atoms with Crippen molar-refractivity contribution in [1.29, 1.82) is 0 Å². The van der Waals surface area contributed by atoms with Gasteiger partial charge < -0.3 is 20.1 Å². The minimum Gasteiger partial charge on any atom is -0.496 e. The highest BCUT2D eigenvalue weighted by Crippen LogP contribution is 2.28. The highest BCUT2D eigenvalue weighted by Gasteiger charge is 2.11. The summed E-state index contributed by atoms with van der Waals surface area (Å²) in [4.78, 5) is 12.3. The van der Waals surface area contributed by atoms with Gasteiger partial charge in [-0.25, -0.2) is 0 Å². The van der Waals surface area contributed by atoms with Gasteiger partial charge in [0, 0.05) is 37.7 Å². The van der Waals surface area contributed by atoms with E-state index in [2.05, 4.69) is 10.6 Å². The summed E-state index contributed by atoms with van der Waals surface area (Å²) >= 11 is 0. The van der Waals surface area contributed by atoms with Crippen LogP contribution in [0.3, 0.4) is 0 Å². The Morgan fingerprint density at radius 1 is 1.00 bits per heavy atom. The SMILES string of the molecule is COCCNCCNC(=O)c1ccc(OC)c2ccccc12. The number of rotatable bonds is 8. The lowest BCUT2D eigenvalue weighted by Crippen LogP contribution is -2.33. The van der Waals surface area contributed by atoms with Crippen LogP contribution in [0.15, 0.2) is 36.4 Å². The molecule has 5 nitrogen and oxygen atoms in total. The second-order valence-electron chi connectivity index (χ2n) is 4.86. The number of carbonyl (C=O) groups is 1. The average molecular weight is 302 g/mol. The smallest absolute Gasteiger partial charge is 0.251 e. The molecule has 0 atom stereocenters. The number of benzene rings is 2. The van der Waals surface area contributed by atoms with Gasteiger partial charge in [0.2, 0.25) is 0 Å². The largest absolute Gasteiger partial charge is 0.496 e. The molecule has 0 unspecified atom stereocenters. The highest BCUT2D eigenvalue weighted by molar-refractivity contribution is 6.08. The Kier molecular flexibility index (Phi) is 6.18. The molecule has 118 valence electrons. The Labute approximate surface area is 130 Å². The first-order chi connectivity index (χ1) is 10.8. The molecule has 2 N–H and O–H groups in total. The molecule has 0 bridgehead atoms. The normalized spacial score (nSPS) is 10.6. The van der Waals surface area contributed by atoms with Crippen molar-refractivity contribution in [2.75, 3.05) is 40.5 Å². The van der Waals surface area contributed by atoms with Gasteiger partial charge >= 0.3 is 0 Å². The van der Waals surface area contributed by atoms with Gasteiger partial charge in [-0.15, -0.1) is 0 Å². The molecule has 2 rings (SSSR count). The van der Waals surface area contributed by atoms with Crippen LogP contribution in [0.25, 0.3) is 10.8 Å². The predicted molar refractivity (Wildman–Crippen MR) is 87.6 cm³/mol. The molecule has 0 fully saturated rings. The molecule has 1 amide bonds. The van der Waals surface area contributed by atoms with E-state index in [9.17, 15) is 4.79 Å². The monoisotopic (exact) mass is 302 g/mol. The van der Waals surface area contributed by atoms with Crippen LogP contribution in [0.1, 0.15) is 10.4 Å². The van der Waals surface area contributed by atoms with E-state index in [1.165, 1.54) is 0 Å². The first-order valence-corrected chi connectivity index (χ1v) is 7.31. The van der Waals surface area contributed by atoms with E-state index in [-0.39, 0.29) is 5.91 Å². The van der Waals surface area contributed by atoms with Crippen molar-refractivity contribution in [3.8, 4) is 5.75 Å². The number of hydrogen-bond donors (Lipinski definition) is 2. The molecule has 0 aliphatic rings. The van der Waals surface area contributed by atoms with Crippen molar-refractivity contribution in [2.45, 2.75) is 0 Å². The first kappa shape index (κ1) is 16.3. The van der Waals surface area contributed by atoms with Gasteiger partial charge in [0.25, 0.3) is 5.91 Å². The minimum atomic E-state index is -0.0765. The van der Waals surface area contributed by atoms with E-state index in [1.807, 2.05) is 30.3 Å². The van der Waals surface area contributed by atoms with Gasteiger partial charge in [0.05, 0.1) is 13.7 Å². The molecule has 0 aromatic heterocycles. The predicted octanol–water partition coefficient (Wildman–Crippen LogP) is 1.81. The van der Waals surface area contributed by atoms with E-state index >= 15 is 0 Å². The van der Waals surface area contributed by atoms with Crippen molar-refractivity contribution in [2.24, 2.45) is 0 Å². The lowest BCUT2D eigenvalue weighted by Gasteiger charge is -2.11. The first-order valence-electron chi connectivity index (χ1n) is 7.31. The molecule has 0 aliphatic carbocycles. The van der Waals surface area contributed by atoms with Gasteiger partial charge in [0.15, 0.2) is 0 Å². The van der Waals surface area contributed by atoms with E-state index in [0.717, 1.165) is 23.1 Å². The number of nitrogens with one attached hydrogen (secondary N) is 2. The third-order valence-corrected chi connectivity index (χ3v) is 3.42. The molecule has 0 saturated heterocycles. The van der Waals surface area contributed by atoms with Crippen molar-refractivity contribution in [1.82, 2.24) is 10.6 Å². The third-order valence-electron chi connectivity index (χ3n) is 3.42. The summed E-state index contributed by atoms with van der Waals surface area (Å²) in [6.07, 6.45) is 0. The quantitative estimate of drug-likeness (QED) is 0.730. The van der Waals surface area contributed by atoms with Crippen LogP contribution in [0, 0.1) is 0 Å². The van der Waals surface area contributed by atoms with Crippen molar-refractivity contribution in [3.05, 3.63) is 42.0 Å².